The minimum Gasteiger partial charge on any atom is -0.352 e. The Bertz CT molecular complexity index is 914. The summed E-state index contributed by atoms with van der Waals surface area (Å²) in [5, 5.41) is 7.48. The van der Waals surface area contributed by atoms with Gasteiger partial charge in [0.2, 0.25) is 0 Å². The number of pyridine rings is 1. The largest absolute Gasteiger partial charge is 0.352 e. The van der Waals surface area contributed by atoms with Crippen molar-refractivity contribution in [2.24, 2.45) is 0 Å². The fourth-order valence-electron chi connectivity index (χ4n) is 2.63. The summed E-state index contributed by atoms with van der Waals surface area (Å²) < 4.78 is 2.35. The zero-order valence-electron chi connectivity index (χ0n) is 14.0. The molecule has 0 aliphatic carbocycles. The molecule has 3 aromatic rings. The summed E-state index contributed by atoms with van der Waals surface area (Å²) in [5.74, 6) is -0.140. The number of carbonyl (C=O) groups is 1. The van der Waals surface area contributed by atoms with Gasteiger partial charge in [-0.15, -0.1) is 0 Å². The maximum Gasteiger partial charge on any atom is 0.254 e. The maximum absolute atomic E-state index is 12.1. The zero-order chi connectivity index (χ0) is 17.6. The number of hydrogen-bond donors (Lipinski definition) is 2. The van der Waals surface area contributed by atoms with Gasteiger partial charge in [-0.1, -0.05) is 30.4 Å². The average Bonchev–Trinajstić information content (AvgIpc) is 3.00. The molecule has 1 amide bonds. The number of aromatic amines is 1. The van der Waals surface area contributed by atoms with E-state index in [9.17, 15) is 4.79 Å². The van der Waals surface area contributed by atoms with Crippen molar-refractivity contribution >= 4 is 18.1 Å². The highest BCUT2D eigenvalue weighted by molar-refractivity contribution is 7.71. The predicted octanol–water partition coefficient (Wildman–Crippen LogP) is 3.60. The minimum absolute atomic E-state index is 0.140. The summed E-state index contributed by atoms with van der Waals surface area (Å²) in [5.41, 5.74) is 3.75. The van der Waals surface area contributed by atoms with Gasteiger partial charge in [0.25, 0.3) is 5.91 Å². The SMILES string of the molecule is Cc1nn(-c2ccccc2)cc1CCCNC(=O)c1ccc[nH]c1=S. The smallest absolute Gasteiger partial charge is 0.254 e. The Hall–Kier alpha value is -2.73. The summed E-state index contributed by atoms with van der Waals surface area (Å²) >= 11 is 5.12. The quantitative estimate of drug-likeness (QED) is 0.526. The van der Waals surface area contributed by atoms with E-state index in [-0.39, 0.29) is 5.91 Å². The highest BCUT2D eigenvalue weighted by atomic mass is 32.1. The van der Waals surface area contributed by atoms with Crippen LogP contribution < -0.4 is 5.32 Å². The van der Waals surface area contributed by atoms with E-state index in [1.165, 1.54) is 5.56 Å². The molecule has 6 heteroatoms. The van der Waals surface area contributed by atoms with Crippen LogP contribution in [0.2, 0.25) is 0 Å². The van der Waals surface area contributed by atoms with Crippen LogP contribution in [-0.2, 0) is 6.42 Å². The number of aromatic nitrogens is 3. The van der Waals surface area contributed by atoms with Crippen molar-refractivity contribution in [2.45, 2.75) is 19.8 Å². The molecule has 0 fully saturated rings. The molecule has 2 heterocycles. The van der Waals surface area contributed by atoms with E-state index in [0.29, 0.717) is 16.7 Å². The lowest BCUT2D eigenvalue weighted by atomic mass is 10.1. The number of aryl methyl sites for hydroxylation is 2. The normalized spacial score (nSPS) is 10.6. The summed E-state index contributed by atoms with van der Waals surface area (Å²) in [6, 6.07) is 13.5. The molecule has 128 valence electrons. The molecule has 0 aliphatic heterocycles. The Labute approximate surface area is 151 Å². The second kappa shape index (κ2) is 7.90. The fraction of sp³-hybridized carbons (Fsp3) is 0.211. The number of nitrogens with zero attached hydrogens (tertiary/aromatic N) is 2. The number of carbonyl (C=O) groups excluding carboxylic acids is 1. The molecular formula is C19H20N4OS. The average molecular weight is 352 g/mol. The molecule has 0 saturated heterocycles. The van der Waals surface area contributed by atoms with Gasteiger partial charge in [0.15, 0.2) is 0 Å². The molecule has 0 radical (unpaired) electrons. The Morgan fingerprint density at radius 3 is 2.80 bits per heavy atom. The highest BCUT2D eigenvalue weighted by Gasteiger charge is 2.08. The second-order valence-electron chi connectivity index (χ2n) is 5.79. The second-order valence-corrected chi connectivity index (χ2v) is 6.20. The number of hydrogen-bond acceptors (Lipinski definition) is 3. The third-order valence-corrected chi connectivity index (χ3v) is 4.33. The number of benzene rings is 1. The van der Waals surface area contributed by atoms with E-state index in [1.807, 2.05) is 41.9 Å². The third-order valence-electron chi connectivity index (χ3n) is 3.99. The number of amides is 1. The van der Waals surface area contributed by atoms with Gasteiger partial charge in [-0.05, 0) is 49.6 Å². The van der Waals surface area contributed by atoms with Gasteiger partial charge in [0.05, 0.1) is 16.9 Å². The van der Waals surface area contributed by atoms with Gasteiger partial charge in [0, 0.05) is 18.9 Å². The molecule has 0 atom stereocenters. The van der Waals surface area contributed by atoms with Crippen molar-refractivity contribution in [3.05, 3.63) is 76.3 Å². The first-order valence-electron chi connectivity index (χ1n) is 8.21. The molecule has 3 rings (SSSR count). The molecule has 0 unspecified atom stereocenters. The molecule has 2 aromatic heterocycles. The number of rotatable bonds is 6. The van der Waals surface area contributed by atoms with Crippen LogP contribution in [0.15, 0.2) is 54.9 Å². The predicted molar refractivity (Wildman–Crippen MR) is 101 cm³/mol. The first-order valence-corrected chi connectivity index (χ1v) is 8.62. The summed E-state index contributed by atoms with van der Waals surface area (Å²) in [4.78, 5) is 15.0. The molecular weight excluding hydrogens is 332 g/mol. The summed E-state index contributed by atoms with van der Waals surface area (Å²) in [7, 11) is 0. The Kier molecular flexibility index (Phi) is 5.40. The first-order chi connectivity index (χ1) is 12.1. The van der Waals surface area contributed by atoms with Crippen molar-refractivity contribution in [3.8, 4) is 5.69 Å². The Morgan fingerprint density at radius 1 is 1.24 bits per heavy atom. The monoisotopic (exact) mass is 352 g/mol. The van der Waals surface area contributed by atoms with Gasteiger partial charge in [-0.25, -0.2) is 4.68 Å². The van der Waals surface area contributed by atoms with Crippen LogP contribution in [0.4, 0.5) is 0 Å². The fourth-order valence-corrected chi connectivity index (χ4v) is 2.86. The van der Waals surface area contributed by atoms with Crippen molar-refractivity contribution < 1.29 is 4.79 Å². The molecule has 5 nitrogen and oxygen atoms in total. The van der Waals surface area contributed by atoms with E-state index in [1.54, 1.807) is 18.3 Å². The Balaban J connectivity index is 1.55. The Morgan fingerprint density at radius 2 is 2.04 bits per heavy atom. The van der Waals surface area contributed by atoms with Gasteiger partial charge >= 0.3 is 0 Å². The molecule has 0 bridgehead atoms. The van der Waals surface area contributed by atoms with Crippen molar-refractivity contribution in [2.75, 3.05) is 6.54 Å². The zero-order valence-corrected chi connectivity index (χ0v) is 14.8. The molecule has 25 heavy (non-hydrogen) atoms. The van der Waals surface area contributed by atoms with E-state index in [0.717, 1.165) is 24.2 Å². The van der Waals surface area contributed by atoms with E-state index in [4.69, 9.17) is 12.2 Å². The topological polar surface area (TPSA) is 62.7 Å². The van der Waals surface area contributed by atoms with Crippen LogP contribution in [0.5, 0.6) is 0 Å². The van der Waals surface area contributed by atoms with Gasteiger partial charge in [-0.3, -0.25) is 4.79 Å². The molecule has 2 N–H and O–H groups in total. The van der Waals surface area contributed by atoms with Crippen LogP contribution in [0, 0.1) is 11.6 Å². The maximum atomic E-state index is 12.1. The molecule has 0 aliphatic rings. The number of para-hydroxylation sites is 1. The number of H-pyrrole nitrogens is 1. The first kappa shape index (κ1) is 17.1. The lowest BCUT2D eigenvalue weighted by Gasteiger charge is -2.05. The van der Waals surface area contributed by atoms with E-state index >= 15 is 0 Å². The highest BCUT2D eigenvalue weighted by Crippen LogP contribution is 2.13. The van der Waals surface area contributed by atoms with Gasteiger partial charge in [0.1, 0.15) is 4.64 Å². The summed E-state index contributed by atoms with van der Waals surface area (Å²) in [6.45, 7) is 2.61. The van der Waals surface area contributed by atoms with Gasteiger partial charge < -0.3 is 10.3 Å². The van der Waals surface area contributed by atoms with Crippen molar-refractivity contribution in [3.63, 3.8) is 0 Å². The minimum atomic E-state index is -0.140. The lowest BCUT2D eigenvalue weighted by Crippen LogP contribution is -2.25. The standard InChI is InChI=1S/C19H20N4OS/c1-14-15(13-23(22-14)16-8-3-2-4-9-16)7-5-11-20-18(24)17-10-6-12-21-19(17)25/h2-4,6,8-10,12-13H,5,7,11H2,1H3,(H,20,24)(H,21,25). The third kappa shape index (κ3) is 4.22. The van der Waals surface area contributed by atoms with Crippen molar-refractivity contribution in [1.29, 1.82) is 0 Å². The van der Waals surface area contributed by atoms with Crippen LogP contribution in [-0.4, -0.2) is 27.2 Å². The molecule has 0 saturated carbocycles. The molecule has 0 spiro atoms. The number of nitrogens with one attached hydrogen (secondary N) is 2. The lowest BCUT2D eigenvalue weighted by molar-refractivity contribution is 0.0952. The van der Waals surface area contributed by atoms with Crippen LogP contribution in [0.3, 0.4) is 0 Å². The van der Waals surface area contributed by atoms with Crippen molar-refractivity contribution in [1.82, 2.24) is 20.1 Å². The van der Waals surface area contributed by atoms with E-state index < -0.39 is 0 Å². The molecule has 1 aromatic carbocycles. The van der Waals surface area contributed by atoms with Gasteiger partial charge in [-0.2, -0.15) is 5.10 Å². The van der Waals surface area contributed by atoms with Crippen LogP contribution in [0.25, 0.3) is 5.69 Å². The summed E-state index contributed by atoms with van der Waals surface area (Å²) in [6.07, 6.45) is 5.48. The van der Waals surface area contributed by atoms with Crippen LogP contribution >= 0.6 is 12.2 Å². The van der Waals surface area contributed by atoms with E-state index in [2.05, 4.69) is 21.6 Å². The van der Waals surface area contributed by atoms with Crippen LogP contribution in [0.1, 0.15) is 28.0 Å².